The molecule has 34 heavy (non-hydrogen) atoms. The number of ketones is 1. The van der Waals surface area contributed by atoms with Gasteiger partial charge in [-0.15, -0.1) is 0 Å². The molecule has 0 aliphatic carbocycles. The third kappa shape index (κ3) is 4.45. The van der Waals surface area contributed by atoms with E-state index in [9.17, 15) is 24.6 Å². The highest BCUT2D eigenvalue weighted by Crippen LogP contribution is 2.41. The van der Waals surface area contributed by atoms with Crippen LogP contribution in [0.3, 0.4) is 0 Å². The number of nitrogens with zero attached hydrogens (tertiary/aromatic N) is 1. The van der Waals surface area contributed by atoms with Gasteiger partial charge < -0.3 is 19.8 Å². The van der Waals surface area contributed by atoms with E-state index in [4.69, 9.17) is 4.74 Å². The van der Waals surface area contributed by atoms with E-state index in [1.165, 1.54) is 24.1 Å². The number of amides is 1. The summed E-state index contributed by atoms with van der Waals surface area (Å²) in [6.45, 7) is 0.0451. The van der Waals surface area contributed by atoms with Crippen molar-refractivity contribution in [2.24, 2.45) is 0 Å². The largest absolute Gasteiger partial charge is 0.508 e. The summed E-state index contributed by atoms with van der Waals surface area (Å²) in [5.41, 5.74) is 1.82. The summed E-state index contributed by atoms with van der Waals surface area (Å²) in [4.78, 5) is 39.2. The summed E-state index contributed by atoms with van der Waals surface area (Å²) in [6, 6.07) is 18.5. The average molecular weight is 522 g/mol. The molecule has 3 aromatic carbocycles. The second-order valence-electron chi connectivity index (χ2n) is 7.72. The van der Waals surface area contributed by atoms with Crippen LogP contribution >= 0.6 is 15.9 Å². The molecule has 172 valence electrons. The summed E-state index contributed by atoms with van der Waals surface area (Å²) in [7, 11) is 1.29. The molecule has 2 N–H and O–H groups in total. The van der Waals surface area contributed by atoms with E-state index in [1.54, 1.807) is 60.7 Å². The molecule has 1 saturated heterocycles. The fourth-order valence-corrected chi connectivity index (χ4v) is 4.17. The minimum atomic E-state index is -0.920. The van der Waals surface area contributed by atoms with Crippen LogP contribution in [0.1, 0.15) is 33.1 Å². The van der Waals surface area contributed by atoms with Gasteiger partial charge in [0.25, 0.3) is 11.7 Å². The number of aliphatic hydroxyl groups is 1. The normalized spacial score (nSPS) is 17.1. The fraction of sp³-hybridized carbons (Fsp3) is 0.115. The highest BCUT2D eigenvalue weighted by Gasteiger charge is 2.46. The first kappa shape index (κ1) is 23.3. The number of hydrogen-bond acceptors (Lipinski definition) is 6. The molecule has 1 amide bonds. The number of halogens is 1. The summed E-state index contributed by atoms with van der Waals surface area (Å²) < 4.78 is 5.50. The Morgan fingerprint density at radius 2 is 1.65 bits per heavy atom. The zero-order valence-electron chi connectivity index (χ0n) is 18.1. The first-order valence-corrected chi connectivity index (χ1v) is 11.1. The van der Waals surface area contributed by atoms with Crippen molar-refractivity contribution in [3.8, 4) is 5.75 Å². The van der Waals surface area contributed by atoms with E-state index >= 15 is 0 Å². The van der Waals surface area contributed by atoms with Crippen molar-refractivity contribution >= 4 is 39.3 Å². The lowest BCUT2D eigenvalue weighted by molar-refractivity contribution is -0.140. The van der Waals surface area contributed by atoms with Crippen LogP contribution in [0.25, 0.3) is 5.76 Å². The molecule has 3 aromatic rings. The molecule has 1 aliphatic heterocycles. The van der Waals surface area contributed by atoms with Crippen molar-refractivity contribution in [3.05, 3.63) is 105 Å². The van der Waals surface area contributed by atoms with Crippen molar-refractivity contribution in [1.29, 1.82) is 0 Å². The van der Waals surface area contributed by atoms with Crippen molar-refractivity contribution in [3.63, 3.8) is 0 Å². The number of likely N-dealkylation sites (tertiary alicyclic amines) is 1. The van der Waals surface area contributed by atoms with Gasteiger partial charge in [0.2, 0.25) is 0 Å². The quantitative estimate of drug-likeness (QED) is 0.220. The summed E-state index contributed by atoms with van der Waals surface area (Å²) in [5, 5.41) is 21.1. The molecule has 1 unspecified atom stereocenters. The van der Waals surface area contributed by atoms with Crippen LogP contribution in [0.15, 0.2) is 82.8 Å². The topological polar surface area (TPSA) is 104 Å². The van der Waals surface area contributed by atoms with E-state index < -0.39 is 23.7 Å². The van der Waals surface area contributed by atoms with Crippen LogP contribution < -0.4 is 0 Å². The molecule has 0 aromatic heterocycles. The minimum Gasteiger partial charge on any atom is -0.508 e. The summed E-state index contributed by atoms with van der Waals surface area (Å²) in [5.74, 6) is -2.41. The second-order valence-corrected chi connectivity index (χ2v) is 8.63. The number of rotatable bonds is 5. The van der Waals surface area contributed by atoms with Gasteiger partial charge in [-0.2, -0.15) is 0 Å². The van der Waals surface area contributed by atoms with Gasteiger partial charge in [-0.1, -0.05) is 52.3 Å². The first-order valence-electron chi connectivity index (χ1n) is 10.3. The Kier molecular flexibility index (Phi) is 6.51. The lowest BCUT2D eigenvalue weighted by atomic mass is 9.95. The van der Waals surface area contributed by atoms with Gasteiger partial charge in [0.15, 0.2) is 0 Å². The van der Waals surface area contributed by atoms with E-state index in [1.807, 2.05) is 0 Å². The SMILES string of the molecule is COC(=O)c1ccc(CN2C(=O)C(=O)/C(=C(/O)c3ccc(Br)cc3)C2c2cccc(O)c2)cc1. The van der Waals surface area contributed by atoms with Gasteiger partial charge in [0.1, 0.15) is 11.5 Å². The van der Waals surface area contributed by atoms with Crippen LogP contribution in [0.5, 0.6) is 5.75 Å². The Morgan fingerprint density at radius 1 is 1.00 bits per heavy atom. The van der Waals surface area contributed by atoms with Gasteiger partial charge >= 0.3 is 5.97 Å². The summed E-state index contributed by atoms with van der Waals surface area (Å²) in [6.07, 6.45) is 0. The molecule has 1 aliphatic rings. The van der Waals surface area contributed by atoms with Crippen molar-refractivity contribution in [2.45, 2.75) is 12.6 Å². The average Bonchev–Trinajstić information content (AvgIpc) is 3.09. The Morgan fingerprint density at radius 3 is 2.26 bits per heavy atom. The molecule has 1 fully saturated rings. The number of phenolic OH excluding ortho intramolecular Hbond substituents is 1. The van der Waals surface area contributed by atoms with Gasteiger partial charge in [-0.3, -0.25) is 9.59 Å². The third-order valence-electron chi connectivity index (χ3n) is 5.57. The molecule has 8 heteroatoms. The molecule has 0 spiro atoms. The number of aliphatic hydroxyl groups excluding tert-OH is 1. The van der Waals surface area contributed by atoms with Crippen LogP contribution in [0, 0.1) is 0 Å². The minimum absolute atomic E-state index is 0.0332. The lowest BCUT2D eigenvalue weighted by Gasteiger charge is -2.25. The maximum absolute atomic E-state index is 13.1. The Hall–Kier alpha value is -3.91. The van der Waals surface area contributed by atoms with Crippen molar-refractivity contribution in [2.75, 3.05) is 7.11 Å². The summed E-state index contributed by atoms with van der Waals surface area (Å²) >= 11 is 3.34. The third-order valence-corrected chi connectivity index (χ3v) is 6.10. The number of hydrogen-bond donors (Lipinski definition) is 2. The predicted octanol–water partition coefficient (Wildman–Crippen LogP) is 4.56. The van der Waals surface area contributed by atoms with Crippen molar-refractivity contribution in [1.82, 2.24) is 4.90 Å². The maximum Gasteiger partial charge on any atom is 0.337 e. The number of Topliss-reactive ketones (excluding diaryl/α,β-unsaturated/α-hetero) is 1. The van der Waals surface area contributed by atoms with Gasteiger partial charge in [0.05, 0.1) is 24.3 Å². The Balaban J connectivity index is 1.79. The molecule has 4 rings (SSSR count). The Bertz CT molecular complexity index is 1300. The van der Waals surface area contributed by atoms with Crippen LogP contribution in [0.4, 0.5) is 0 Å². The molecular formula is C26H20BrNO6. The molecule has 1 atom stereocenters. The number of carbonyl (C=O) groups excluding carboxylic acids is 3. The van der Waals surface area contributed by atoms with E-state index in [0.717, 1.165) is 4.47 Å². The zero-order chi connectivity index (χ0) is 24.4. The standard InChI is InChI=1S/C26H20BrNO6/c1-34-26(33)17-7-5-15(6-8-17)14-28-22(18-3-2-4-20(29)13-18)21(24(31)25(28)32)23(30)16-9-11-19(27)12-10-16/h2-13,22,29-30H,14H2,1H3/b23-21+. The molecule has 0 saturated carbocycles. The zero-order valence-corrected chi connectivity index (χ0v) is 19.7. The van der Waals surface area contributed by atoms with E-state index in [0.29, 0.717) is 22.3 Å². The van der Waals surface area contributed by atoms with Gasteiger partial charge in [-0.25, -0.2) is 4.79 Å². The lowest BCUT2D eigenvalue weighted by Crippen LogP contribution is -2.29. The number of aromatic hydroxyl groups is 1. The predicted molar refractivity (Wildman–Crippen MR) is 128 cm³/mol. The number of esters is 1. The highest BCUT2D eigenvalue weighted by atomic mass is 79.9. The fourth-order valence-electron chi connectivity index (χ4n) is 3.91. The van der Waals surface area contributed by atoms with Crippen LogP contribution in [-0.2, 0) is 20.9 Å². The molecular weight excluding hydrogens is 502 g/mol. The number of benzene rings is 3. The number of phenols is 1. The first-order chi connectivity index (χ1) is 16.3. The van der Waals surface area contributed by atoms with Crippen LogP contribution in [-0.4, -0.2) is 39.9 Å². The molecule has 1 heterocycles. The maximum atomic E-state index is 13.1. The van der Waals surface area contributed by atoms with Crippen molar-refractivity contribution < 1.29 is 29.3 Å². The number of ether oxygens (including phenoxy) is 1. The Labute approximate surface area is 204 Å². The number of carbonyl (C=O) groups is 3. The molecule has 0 bridgehead atoms. The smallest absolute Gasteiger partial charge is 0.337 e. The van der Waals surface area contributed by atoms with Gasteiger partial charge in [0, 0.05) is 16.6 Å². The van der Waals surface area contributed by atoms with E-state index in [-0.39, 0.29) is 23.6 Å². The highest BCUT2D eigenvalue weighted by molar-refractivity contribution is 9.10. The monoisotopic (exact) mass is 521 g/mol. The molecule has 7 nitrogen and oxygen atoms in total. The van der Waals surface area contributed by atoms with Crippen LogP contribution in [0.2, 0.25) is 0 Å². The second kappa shape index (κ2) is 9.52. The van der Waals surface area contributed by atoms with E-state index in [2.05, 4.69) is 15.9 Å². The molecule has 0 radical (unpaired) electrons. The van der Waals surface area contributed by atoms with Gasteiger partial charge in [-0.05, 0) is 47.5 Å². The number of methoxy groups -OCH3 is 1.